The Kier molecular flexibility index (Phi) is 2.24. The third-order valence-corrected chi connectivity index (χ3v) is 2.20. The Morgan fingerprint density at radius 3 is 3.00 bits per heavy atom. The van der Waals surface area contributed by atoms with Crippen molar-refractivity contribution < 1.29 is 4.39 Å². The molecule has 1 aromatic heterocycles. The summed E-state index contributed by atoms with van der Waals surface area (Å²) in [6.45, 7) is 0. The van der Waals surface area contributed by atoms with E-state index < -0.39 is 0 Å². The lowest BCUT2D eigenvalue weighted by molar-refractivity contribution is 0.637. The molecule has 2 heteroatoms. The summed E-state index contributed by atoms with van der Waals surface area (Å²) >= 11 is 0. The summed E-state index contributed by atoms with van der Waals surface area (Å²) in [5.41, 5.74) is 1.56. The molecule has 1 nitrogen and oxygen atoms in total. The van der Waals surface area contributed by atoms with Crippen molar-refractivity contribution in [2.75, 3.05) is 0 Å². The zero-order chi connectivity index (χ0) is 9.97. The summed E-state index contributed by atoms with van der Waals surface area (Å²) in [5, 5.41) is 0.900. The van der Waals surface area contributed by atoms with Crippen LogP contribution in [0.5, 0.6) is 0 Å². The first kappa shape index (κ1) is 8.83. The average molecular weight is 187 g/mol. The number of aromatic nitrogens is 1. The molecule has 70 valence electrons. The van der Waals surface area contributed by atoms with Gasteiger partial charge in [-0.1, -0.05) is 12.1 Å². The minimum atomic E-state index is -0.213. The van der Waals surface area contributed by atoms with E-state index in [9.17, 15) is 4.39 Å². The maximum atomic E-state index is 13.3. The Bertz CT molecular complexity index is 490. The largest absolute Gasteiger partial charge is 0.356 e. The third-order valence-electron chi connectivity index (χ3n) is 2.20. The molecule has 1 aromatic carbocycles. The molecule has 0 aliphatic carbocycles. The molecule has 0 bridgehead atoms. The van der Waals surface area contributed by atoms with Gasteiger partial charge in [-0.25, -0.2) is 4.39 Å². The molecule has 0 spiro atoms. The van der Waals surface area contributed by atoms with Crippen LogP contribution >= 0.6 is 0 Å². The Balaban J connectivity index is 2.42. The highest BCUT2D eigenvalue weighted by atomic mass is 19.1. The van der Waals surface area contributed by atoms with Crippen molar-refractivity contribution in [2.24, 2.45) is 0 Å². The van der Waals surface area contributed by atoms with Crippen molar-refractivity contribution >= 4 is 10.9 Å². The quantitative estimate of drug-likeness (QED) is 0.696. The fraction of sp³-hybridized carbons (Fsp3) is 0.167. The fourth-order valence-electron chi connectivity index (χ4n) is 1.52. The molecule has 0 saturated carbocycles. The number of H-pyrrole nitrogens is 1. The van der Waals surface area contributed by atoms with Gasteiger partial charge in [0, 0.05) is 17.5 Å². The van der Waals surface area contributed by atoms with E-state index in [2.05, 4.69) is 10.9 Å². The van der Waals surface area contributed by atoms with Crippen molar-refractivity contribution in [3.8, 4) is 12.3 Å². The summed E-state index contributed by atoms with van der Waals surface area (Å²) in [6.07, 6.45) is 6.61. The number of nitrogens with one attached hydrogen (secondary N) is 1. The number of para-hydroxylation sites is 1. The van der Waals surface area contributed by atoms with Gasteiger partial charge in [-0.2, -0.15) is 0 Å². The van der Waals surface area contributed by atoms with Crippen LogP contribution in [0.3, 0.4) is 0 Å². The van der Waals surface area contributed by atoms with Crippen LogP contribution in [0, 0.1) is 18.2 Å². The Morgan fingerprint density at radius 2 is 2.29 bits per heavy atom. The van der Waals surface area contributed by atoms with Gasteiger partial charge in [-0.15, -0.1) is 12.3 Å². The number of terminal acetylenes is 1. The fourth-order valence-corrected chi connectivity index (χ4v) is 1.52. The highest BCUT2D eigenvalue weighted by Crippen LogP contribution is 2.18. The van der Waals surface area contributed by atoms with Crippen molar-refractivity contribution in [1.29, 1.82) is 0 Å². The first-order chi connectivity index (χ1) is 6.81. The summed E-state index contributed by atoms with van der Waals surface area (Å²) in [4.78, 5) is 3.03. The normalized spacial score (nSPS) is 10.3. The topological polar surface area (TPSA) is 15.8 Å². The minimum absolute atomic E-state index is 0.213. The maximum absolute atomic E-state index is 13.3. The molecule has 14 heavy (non-hydrogen) atoms. The summed E-state index contributed by atoms with van der Waals surface area (Å²) in [6, 6.07) is 6.98. The first-order valence-electron chi connectivity index (χ1n) is 4.51. The molecular formula is C12H10FN. The number of aromatic amines is 1. The molecule has 1 heterocycles. The van der Waals surface area contributed by atoms with Gasteiger partial charge >= 0.3 is 0 Å². The van der Waals surface area contributed by atoms with E-state index in [1.54, 1.807) is 6.07 Å². The van der Waals surface area contributed by atoms with Crippen molar-refractivity contribution in [3.05, 3.63) is 35.8 Å². The minimum Gasteiger partial charge on any atom is -0.356 e. The molecule has 0 fully saturated rings. The third kappa shape index (κ3) is 1.49. The lowest BCUT2D eigenvalue weighted by Gasteiger charge is -1.90. The monoisotopic (exact) mass is 187 g/mol. The van der Waals surface area contributed by atoms with E-state index in [4.69, 9.17) is 6.42 Å². The standard InChI is InChI=1S/C12H10FN/c1-2-3-6-10-8-9-5-4-7-11(13)12(9)14-10/h1,4-5,7-8,14H,3,6H2. The van der Waals surface area contributed by atoms with E-state index >= 15 is 0 Å². The van der Waals surface area contributed by atoms with Gasteiger partial charge in [0.05, 0.1) is 5.52 Å². The second-order valence-corrected chi connectivity index (χ2v) is 3.20. The van der Waals surface area contributed by atoms with Gasteiger partial charge in [0.2, 0.25) is 0 Å². The molecule has 0 amide bonds. The van der Waals surface area contributed by atoms with Crippen molar-refractivity contribution in [2.45, 2.75) is 12.8 Å². The lowest BCUT2D eigenvalue weighted by Crippen LogP contribution is -1.82. The zero-order valence-corrected chi connectivity index (χ0v) is 7.68. The van der Waals surface area contributed by atoms with Gasteiger partial charge in [0.15, 0.2) is 0 Å². The SMILES string of the molecule is C#CCCc1cc2cccc(F)c2[nH]1. The summed E-state index contributed by atoms with van der Waals surface area (Å²) in [7, 11) is 0. The van der Waals surface area contributed by atoms with Crippen molar-refractivity contribution in [1.82, 2.24) is 4.98 Å². The number of halogens is 1. The molecule has 0 saturated heterocycles. The predicted molar refractivity (Wildman–Crippen MR) is 55.4 cm³/mol. The van der Waals surface area contributed by atoms with Gasteiger partial charge in [0.25, 0.3) is 0 Å². The Hall–Kier alpha value is -1.75. The molecule has 2 rings (SSSR count). The molecule has 0 aliphatic rings. The Labute approximate surface area is 81.9 Å². The van der Waals surface area contributed by atoms with Crippen LogP contribution in [0.1, 0.15) is 12.1 Å². The highest BCUT2D eigenvalue weighted by Gasteiger charge is 2.03. The summed E-state index contributed by atoms with van der Waals surface area (Å²) in [5.74, 6) is 2.35. The molecule has 0 atom stereocenters. The van der Waals surface area contributed by atoms with Crippen LogP contribution in [0.4, 0.5) is 4.39 Å². The van der Waals surface area contributed by atoms with Crippen LogP contribution in [0.25, 0.3) is 10.9 Å². The van der Waals surface area contributed by atoms with E-state index in [1.807, 2.05) is 12.1 Å². The lowest BCUT2D eigenvalue weighted by atomic mass is 10.2. The second kappa shape index (κ2) is 3.55. The second-order valence-electron chi connectivity index (χ2n) is 3.20. The van der Waals surface area contributed by atoms with E-state index in [0.29, 0.717) is 11.9 Å². The molecule has 0 radical (unpaired) electrons. The average Bonchev–Trinajstić information content (AvgIpc) is 2.59. The van der Waals surface area contributed by atoms with Gasteiger partial charge in [-0.3, -0.25) is 0 Å². The van der Waals surface area contributed by atoms with Crippen LogP contribution in [-0.4, -0.2) is 4.98 Å². The molecule has 0 aliphatic heterocycles. The van der Waals surface area contributed by atoms with Crippen LogP contribution in [-0.2, 0) is 6.42 Å². The first-order valence-corrected chi connectivity index (χ1v) is 4.51. The molecule has 0 unspecified atom stereocenters. The number of hydrogen-bond donors (Lipinski definition) is 1. The van der Waals surface area contributed by atoms with E-state index in [-0.39, 0.29) is 5.82 Å². The van der Waals surface area contributed by atoms with Crippen LogP contribution in [0.2, 0.25) is 0 Å². The van der Waals surface area contributed by atoms with Gasteiger partial charge < -0.3 is 4.98 Å². The predicted octanol–water partition coefficient (Wildman–Crippen LogP) is 2.87. The number of benzene rings is 1. The zero-order valence-electron chi connectivity index (χ0n) is 7.68. The maximum Gasteiger partial charge on any atom is 0.147 e. The molecule has 1 N–H and O–H groups in total. The van der Waals surface area contributed by atoms with Crippen LogP contribution < -0.4 is 0 Å². The Morgan fingerprint density at radius 1 is 1.43 bits per heavy atom. The number of hydrogen-bond acceptors (Lipinski definition) is 0. The smallest absolute Gasteiger partial charge is 0.147 e. The number of fused-ring (bicyclic) bond motifs is 1. The van der Waals surface area contributed by atoms with Crippen LogP contribution in [0.15, 0.2) is 24.3 Å². The summed E-state index contributed by atoms with van der Waals surface area (Å²) < 4.78 is 13.3. The van der Waals surface area contributed by atoms with Crippen molar-refractivity contribution in [3.63, 3.8) is 0 Å². The van der Waals surface area contributed by atoms with Gasteiger partial charge in [0.1, 0.15) is 5.82 Å². The molecule has 2 aromatic rings. The van der Waals surface area contributed by atoms with E-state index in [0.717, 1.165) is 17.5 Å². The molecular weight excluding hydrogens is 177 g/mol. The highest BCUT2D eigenvalue weighted by molar-refractivity contribution is 5.80. The number of rotatable bonds is 2. The van der Waals surface area contributed by atoms with E-state index in [1.165, 1.54) is 6.07 Å². The van der Waals surface area contributed by atoms with Gasteiger partial charge in [-0.05, 0) is 18.6 Å². The number of aryl methyl sites for hydroxylation is 1.